The van der Waals surface area contributed by atoms with Gasteiger partial charge in [0.05, 0.1) is 5.69 Å². The average Bonchev–Trinajstić information content (AvgIpc) is 2.77. The van der Waals surface area contributed by atoms with Crippen LogP contribution in [-0.4, -0.2) is 28.7 Å². The van der Waals surface area contributed by atoms with Crippen LogP contribution < -0.4 is 0 Å². The molecule has 0 saturated heterocycles. The van der Waals surface area contributed by atoms with Gasteiger partial charge in [-0.1, -0.05) is 0 Å². The topological polar surface area (TPSA) is 100 Å². The third-order valence-corrected chi connectivity index (χ3v) is 3.28. The number of nitrogens with one attached hydrogen (secondary N) is 1. The van der Waals surface area contributed by atoms with E-state index in [9.17, 15) is 13.2 Å². The Balaban J connectivity index is 2.42. The van der Waals surface area contributed by atoms with Crippen molar-refractivity contribution in [1.82, 2.24) is 9.97 Å². The fraction of sp³-hybridized carbons (Fsp3) is 0.0909. The highest BCUT2D eigenvalue weighted by Crippen LogP contribution is 2.15. The predicted octanol–water partition coefficient (Wildman–Crippen LogP) is 1.20. The zero-order valence-electron chi connectivity index (χ0n) is 9.41. The Morgan fingerprint density at radius 2 is 2.17 bits per heavy atom. The van der Waals surface area contributed by atoms with Crippen LogP contribution in [0.3, 0.4) is 0 Å². The van der Waals surface area contributed by atoms with E-state index in [4.69, 9.17) is 4.55 Å². The minimum absolute atomic E-state index is 0.0822. The quantitative estimate of drug-likeness (QED) is 0.642. The number of hydrogen-bond acceptors (Lipinski definition) is 4. The number of H-pyrrole nitrogens is 1. The molecule has 0 amide bonds. The van der Waals surface area contributed by atoms with Gasteiger partial charge in [-0.3, -0.25) is 14.3 Å². The summed E-state index contributed by atoms with van der Waals surface area (Å²) in [5, 5.41) is 0. The molecular weight excluding hydrogens is 256 g/mol. The molecule has 18 heavy (non-hydrogen) atoms. The van der Waals surface area contributed by atoms with Crippen molar-refractivity contribution in [2.75, 3.05) is 0 Å². The van der Waals surface area contributed by atoms with Crippen LogP contribution in [0.15, 0.2) is 35.5 Å². The maximum absolute atomic E-state index is 12.1. The zero-order chi connectivity index (χ0) is 13.3. The lowest BCUT2D eigenvalue weighted by Crippen LogP contribution is -2.05. The summed E-state index contributed by atoms with van der Waals surface area (Å²) in [6.45, 7) is 1.68. The van der Waals surface area contributed by atoms with Crippen LogP contribution in [0.4, 0.5) is 0 Å². The fourth-order valence-corrected chi connectivity index (χ4v) is 2.00. The predicted molar refractivity (Wildman–Crippen MR) is 63.0 cm³/mol. The molecule has 2 aromatic rings. The first kappa shape index (κ1) is 12.5. The van der Waals surface area contributed by atoms with Crippen molar-refractivity contribution in [3.05, 3.63) is 47.5 Å². The molecular formula is C11H10N2O4S. The van der Waals surface area contributed by atoms with E-state index in [0.717, 1.165) is 12.3 Å². The first-order valence-corrected chi connectivity index (χ1v) is 6.46. The molecule has 0 aliphatic heterocycles. The van der Waals surface area contributed by atoms with Gasteiger partial charge in [-0.2, -0.15) is 8.42 Å². The van der Waals surface area contributed by atoms with E-state index in [0.29, 0.717) is 11.3 Å². The summed E-state index contributed by atoms with van der Waals surface area (Å²) >= 11 is 0. The Hall–Kier alpha value is -1.99. The van der Waals surface area contributed by atoms with Crippen molar-refractivity contribution in [2.45, 2.75) is 11.8 Å². The third kappa shape index (κ3) is 2.31. The van der Waals surface area contributed by atoms with E-state index in [2.05, 4.69) is 9.97 Å². The highest BCUT2D eigenvalue weighted by Gasteiger charge is 2.18. The summed E-state index contributed by atoms with van der Waals surface area (Å²) in [5.41, 5.74) is 1.01. The maximum Gasteiger partial charge on any atom is 0.296 e. The number of hydrogen-bond donors (Lipinski definition) is 2. The van der Waals surface area contributed by atoms with Gasteiger partial charge >= 0.3 is 0 Å². The first-order chi connectivity index (χ1) is 8.39. The van der Waals surface area contributed by atoms with Gasteiger partial charge in [0.2, 0.25) is 5.78 Å². The van der Waals surface area contributed by atoms with Gasteiger partial charge in [0, 0.05) is 23.7 Å². The lowest BCUT2D eigenvalue weighted by molar-refractivity contribution is 0.103. The molecule has 0 atom stereocenters. The second kappa shape index (κ2) is 4.35. The molecule has 0 aliphatic rings. The maximum atomic E-state index is 12.1. The van der Waals surface area contributed by atoms with Gasteiger partial charge in [-0.05, 0) is 25.1 Å². The summed E-state index contributed by atoms with van der Waals surface area (Å²) in [4.78, 5) is 18.2. The first-order valence-electron chi connectivity index (χ1n) is 5.02. The van der Waals surface area contributed by atoms with E-state index >= 15 is 0 Å². The summed E-state index contributed by atoms with van der Waals surface area (Å²) in [6, 6.07) is 4.30. The number of pyridine rings is 1. The molecule has 7 heteroatoms. The summed E-state index contributed by atoms with van der Waals surface area (Å²) in [7, 11) is -4.31. The smallest absolute Gasteiger partial charge is 0.296 e. The molecule has 0 saturated carbocycles. The Morgan fingerprint density at radius 1 is 1.44 bits per heavy atom. The highest BCUT2D eigenvalue weighted by atomic mass is 32.2. The van der Waals surface area contributed by atoms with Crippen molar-refractivity contribution in [3.63, 3.8) is 0 Å². The number of carbonyl (C=O) groups excluding carboxylic acids is 1. The van der Waals surface area contributed by atoms with E-state index in [1.807, 2.05) is 0 Å². The molecule has 0 radical (unpaired) electrons. The van der Waals surface area contributed by atoms with Gasteiger partial charge in [-0.25, -0.2) is 0 Å². The van der Waals surface area contributed by atoms with Gasteiger partial charge in [-0.15, -0.1) is 0 Å². The number of rotatable bonds is 3. The summed E-state index contributed by atoms with van der Waals surface area (Å²) in [6.07, 6.45) is 2.62. The molecule has 2 N–H and O–H groups in total. The van der Waals surface area contributed by atoms with Gasteiger partial charge in [0.25, 0.3) is 10.1 Å². The van der Waals surface area contributed by atoms with E-state index in [1.54, 1.807) is 25.3 Å². The average molecular weight is 266 g/mol. The summed E-state index contributed by atoms with van der Waals surface area (Å²) in [5.74, 6) is -0.379. The Bertz CT molecular complexity index is 703. The molecule has 2 aromatic heterocycles. The Morgan fingerprint density at radius 3 is 2.72 bits per heavy atom. The van der Waals surface area contributed by atoms with E-state index < -0.39 is 10.1 Å². The number of ketones is 1. The fourth-order valence-electron chi connectivity index (χ4n) is 1.52. The molecule has 0 aromatic carbocycles. The molecule has 0 unspecified atom stereocenters. The minimum atomic E-state index is -4.31. The molecule has 0 aliphatic carbocycles. The monoisotopic (exact) mass is 266 g/mol. The summed E-state index contributed by atoms with van der Waals surface area (Å²) < 4.78 is 30.6. The lowest BCUT2D eigenvalue weighted by Gasteiger charge is -2.01. The van der Waals surface area contributed by atoms with Crippen LogP contribution in [0, 0.1) is 6.92 Å². The largest absolute Gasteiger partial charge is 0.357 e. The molecule has 0 bridgehead atoms. The Kier molecular flexibility index (Phi) is 3.02. The molecule has 2 heterocycles. The van der Waals surface area contributed by atoms with Crippen molar-refractivity contribution >= 4 is 15.9 Å². The number of aromatic nitrogens is 2. The third-order valence-electron chi connectivity index (χ3n) is 2.45. The second-order valence-electron chi connectivity index (χ2n) is 3.69. The molecule has 94 valence electrons. The Labute approximate surface area is 103 Å². The van der Waals surface area contributed by atoms with Gasteiger partial charge in [0.15, 0.2) is 0 Å². The van der Waals surface area contributed by atoms with Gasteiger partial charge < -0.3 is 4.98 Å². The van der Waals surface area contributed by atoms with Gasteiger partial charge in [0.1, 0.15) is 4.90 Å². The van der Waals surface area contributed by atoms with Crippen molar-refractivity contribution < 1.29 is 17.8 Å². The van der Waals surface area contributed by atoms with Crippen LogP contribution in [0.1, 0.15) is 21.7 Å². The molecule has 0 fully saturated rings. The van der Waals surface area contributed by atoms with Crippen LogP contribution in [0.2, 0.25) is 0 Å². The van der Waals surface area contributed by atoms with Crippen molar-refractivity contribution in [3.8, 4) is 0 Å². The number of aryl methyl sites for hydroxylation is 1. The minimum Gasteiger partial charge on any atom is -0.357 e. The van der Waals surface area contributed by atoms with Crippen LogP contribution in [0.5, 0.6) is 0 Å². The number of aromatic amines is 1. The number of nitrogens with zero attached hydrogens (tertiary/aromatic N) is 1. The SMILES string of the molecule is Cc1ncccc1C(=O)c1cc(S(=O)(=O)O)c[nH]1. The van der Waals surface area contributed by atoms with E-state index in [1.165, 1.54) is 0 Å². The lowest BCUT2D eigenvalue weighted by atomic mass is 10.1. The molecule has 6 nitrogen and oxygen atoms in total. The zero-order valence-corrected chi connectivity index (χ0v) is 10.2. The highest BCUT2D eigenvalue weighted by molar-refractivity contribution is 7.85. The normalized spacial score (nSPS) is 11.4. The van der Waals surface area contributed by atoms with E-state index in [-0.39, 0.29) is 16.4 Å². The van der Waals surface area contributed by atoms with Crippen LogP contribution >= 0.6 is 0 Å². The molecule has 2 rings (SSSR count). The standard InChI is InChI=1S/C11H10N2O4S/c1-7-9(3-2-4-12-7)11(14)10-5-8(6-13-10)18(15,16)17/h2-6,13H,1H3,(H,15,16,17). The number of carbonyl (C=O) groups is 1. The van der Waals surface area contributed by atoms with Crippen molar-refractivity contribution in [1.29, 1.82) is 0 Å². The molecule has 0 spiro atoms. The van der Waals surface area contributed by atoms with Crippen molar-refractivity contribution in [2.24, 2.45) is 0 Å². The van der Waals surface area contributed by atoms with Crippen LogP contribution in [-0.2, 0) is 10.1 Å². The second-order valence-corrected chi connectivity index (χ2v) is 5.11. The van der Waals surface area contributed by atoms with Crippen LogP contribution in [0.25, 0.3) is 0 Å².